The van der Waals surface area contributed by atoms with Crippen molar-refractivity contribution < 1.29 is 14.2 Å². The SMILES string of the molecule is Cc1cc(NC(=O)c2cc([N+](=O)[O-])ccc2I)no1. The number of nitro benzene ring substituents is 1. The molecule has 8 heteroatoms. The largest absolute Gasteiger partial charge is 0.360 e. The summed E-state index contributed by atoms with van der Waals surface area (Å²) in [6.45, 7) is 1.69. The van der Waals surface area contributed by atoms with Gasteiger partial charge in [0.25, 0.3) is 11.6 Å². The molecule has 0 saturated carbocycles. The smallest absolute Gasteiger partial charge is 0.270 e. The van der Waals surface area contributed by atoms with Crippen LogP contribution in [0.25, 0.3) is 0 Å². The molecule has 0 aliphatic rings. The summed E-state index contributed by atoms with van der Waals surface area (Å²) in [4.78, 5) is 22.1. The Balaban J connectivity index is 2.27. The molecule has 1 amide bonds. The highest BCUT2D eigenvalue weighted by molar-refractivity contribution is 14.1. The van der Waals surface area contributed by atoms with Crippen LogP contribution < -0.4 is 5.32 Å². The topological polar surface area (TPSA) is 98.3 Å². The molecular weight excluding hydrogens is 365 g/mol. The van der Waals surface area contributed by atoms with Gasteiger partial charge in [0.1, 0.15) is 5.76 Å². The van der Waals surface area contributed by atoms with Gasteiger partial charge >= 0.3 is 0 Å². The first-order chi connectivity index (χ1) is 8.97. The van der Waals surface area contributed by atoms with E-state index < -0.39 is 10.8 Å². The maximum atomic E-state index is 12.0. The van der Waals surface area contributed by atoms with E-state index in [0.717, 1.165) is 0 Å². The number of carbonyl (C=O) groups is 1. The Bertz CT molecular complexity index is 653. The maximum absolute atomic E-state index is 12.0. The Hall–Kier alpha value is -1.97. The first-order valence-corrected chi connectivity index (χ1v) is 6.24. The first-order valence-electron chi connectivity index (χ1n) is 5.16. The second-order valence-electron chi connectivity index (χ2n) is 3.70. The van der Waals surface area contributed by atoms with Crippen molar-refractivity contribution in [2.24, 2.45) is 0 Å². The number of carbonyl (C=O) groups excluding carboxylic acids is 1. The van der Waals surface area contributed by atoms with Crippen molar-refractivity contribution in [2.45, 2.75) is 6.92 Å². The third kappa shape index (κ3) is 3.08. The summed E-state index contributed by atoms with van der Waals surface area (Å²) in [5.74, 6) is 0.357. The highest BCUT2D eigenvalue weighted by atomic mass is 127. The number of nitrogens with zero attached hydrogens (tertiary/aromatic N) is 2. The van der Waals surface area contributed by atoms with Gasteiger partial charge in [0.05, 0.1) is 10.5 Å². The van der Waals surface area contributed by atoms with Gasteiger partial charge in [0.15, 0.2) is 5.82 Å². The minimum absolute atomic E-state index is 0.137. The molecule has 0 atom stereocenters. The van der Waals surface area contributed by atoms with Gasteiger partial charge in [-0.25, -0.2) is 0 Å². The summed E-state index contributed by atoms with van der Waals surface area (Å²) >= 11 is 1.94. The van der Waals surface area contributed by atoms with E-state index in [1.54, 1.807) is 13.0 Å². The van der Waals surface area contributed by atoms with E-state index in [2.05, 4.69) is 10.5 Å². The molecule has 0 aliphatic heterocycles. The maximum Gasteiger partial charge on any atom is 0.270 e. The van der Waals surface area contributed by atoms with Crippen molar-refractivity contribution in [1.82, 2.24) is 5.16 Å². The fraction of sp³-hybridized carbons (Fsp3) is 0.0909. The molecule has 0 spiro atoms. The Morgan fingerprint density at radius 3 is 2.79 bits per heavy atom. The van der Waals surface area contributed by atoms with Gasteiger partial charge in [-0.1, -0.05) is 5.16 Å². The van der Waals surface area contributed by atoms with Crippen LogP contribution in [0, 0.1) is 20.6 Å². The van der Waals surface area contributed by atoms with E-state index >= 15 is 0 Å². The molecular formula is C11H8IN3O4. The van der Waals surface area contributed by atoms with Crippen molar-refractivity contribution in [3.8, 4) is 0 Å². The number of anilines is 1. The molecule has 2 aromatic rings. The van der Waals surface area contributed by atoms with E-state index in [1.807, 2.05) is 22.6 Å². The Morgan fingerprint density at radius 2 is 2.21 bits per heavy atom. The molecule has 7 nitrogen and oxygen atoms in total. The number of amides is 1. The van der Waals surface area contributed by atoms with E-state index in [0.29, 0.717) is 9.33 Å². The Kier molecular flexibility index (Phi) is 3.79. The number of benzene rings is 1. The van der Waals surface area contributed by atoms with Gasteiger partial charge in [-0.05, 0) is 35.6 Å². The molecule has 2 rings (SSSR count). The van der Waals surface area contributed by atoms with Crippen LogP contribution >= 0.6 is 22.6 Å². The quantitative estimate of drug-likeness (QED) is 0.507. The van der Waals surface area contributed by atoms with Crippen molar-refractivity contribution in [1.29, 1.82) is 0 Å². The fourth-order valence-electron chi connectivity index (χ4n) is 1.41. The monoisotopic (exact) mass is 373 g/mol. The van der Waals surface area contributed by atoms with Crippen LogP contribution in [0.2, 0.25) is 0 Å². The Morgan fingerprint density at radius 1 is 1.47 bits per heavy atom. The number of aryl methyl sites for hydroxylation is 1. The summed E-state index contributed by atoms with van der Waals surface area (Å²) in [6.07, 6.45) is 0. The lowest BCUT2D eigenvalue weighted by Crippen LogP contribution is -2.14. The molecule has 1 aromatic heterocycles. The number of nitro groups is 1. The summed E-state index contributed by atoms with van der Waals surface area (Å²) in [6, 6.07) is 5.65. The predicted molar refractivity (Wildman–Crippen MR) is 75.0 cm³/mol. The van der Waals surface area contributed by atoms with Gasteiger partial charge < -0.3 is 9.84 Å². The molecule has 0 radical (unpaired) electrons. The van der Waals surface area contributed by atoms with E-state index in [4.69, 9.17) is 4.52 Å². The van der Waals surface area contributed by atoms with Crippen LogP contribution in [0.3, 0.4) is 0 Å². The van der Waals surface area contributed by atoms with Crippen molar-refractivity contribution >= 4 is 40.0 Å². The standard InChI is InChI=1S/C11H8IN3O4/c1-6-4-10(14-19-6)13-11(16)8-5-7(15(17)18)2-3-9(8)12/h2-5H,1H3,(H,13,14,16). The van der Waals surface area contributed by atoms with Crippen molar-refractivity contribution in [3.05, 3.63) is 49.3 Å². The average Bonchev–Trinajstić information content (AvgIpc) is 2.74. The van der Waals surface area contributed by atoms with Crippen LogP contribution in [-0.4, -0.2) is 16.0 Å². The van der Waals surface area contributed by atoms with E-state index in [-0.39, 0.29) is 17.1 Å². The predicted octanol–water partition coefficient (Wildman–Crippen LogP) is 2.75. The zero-order valence-electron chi connectivity index (χ0n) is 9.71. The van der Waals surface area contributed by atoms with Gasteiger partial charge in [-0.2, -0.15) is 0 Å². The molecule has 0 fully saturated rings. The summed E-state index contributed by atoms with van der Waals surface area (Å²) in [7, 11) is 0. The number of nitrogens with one attached hydrogen (secondary N) is 1. The van der Waals surface area contributed by atoms with Gasteiger partial charge in [-0.3, -0.25) is 14.9 Å². The summed E-state index contributed by atoms with van der Waals surface area (Å²) in [5, 5.41) is 16.8. The average molecular weight is 373 g/mol. The lowest BCUT2D eigenvalue weighted by atomic mass is 10.2. The Labute approximate surface area is 121 Å². The minimum atomic E-state index is -0.549. The van der Waals surface area contributed by atoms with Crippen molar-refractivity contribution in [2.75, 3.05) is 5.32 Å². The van der Waals surface area contributed by atoms with E-state index in [9.17, 15) is 14.9 Å². The zero-order valence-corrected chi connectivity index (χ0v) is 11.9. The van der Waals surface area contributed by atoms with Gasteiger partial charge in [0, 0.05) is 21.8 Å². The molecule has 98 valence electrons. The van der Waals surface area contributed by atoms with Gasteiger partial charge in [-0.15, -0.1) is 0 Å². The van der Waals surface area contributed by atoms with Crippen LogP contribution in [0.5, 0.6) is 0 Å². The molecule has 1 heterocycles. The molecule has 1 N–H and O–H groups in total. The third-order valence-corrected chi connectivity index (χ3v) is 3.22. The zero-order chi connectivity index (χ0) is 14.0. The molecule has 0 aliphatic carbocycles. The molecule has 0 bridgehead atoms. The normalized spacial score (nSPS) is 10.2. The lowest BCUT2D eigenvalue weighted by Gasteiger charge is -2.03. The number of aromatic nitrogens is 1. The lowest BCUT2D eigenvalue weighted by molar-refractivity contribution is -0.384. The van der Waals surface area contributed by atoms with Gasteiger partial charge in [0.2, 0.25) is 0 Å². The summed E-state index contributed by atoms with van der Waals surface area (Å²) < 4.78 is 5.43. The highest BCUT2D eigenvalue weighted by Gasteiger charge is 2.16. The number of hydrogen-bond donors (Lipinski definition) is 1. The number of rotatable bonds is 3. The molecule has 0 unspecified atom stereocenters. The molecule has 1 aromatic carbocycles. The highest BCUT2D eigenvalue weighted by Crippen LogP contribution is 2.20. The third-order valence-electron chi connectivity index (χ3n) is 2.27. The van der Waals surface area contributed by atoms with E-state index in [1.165, 1.54) is 18.2 Å². The van der Waals surface area contributed by atoms with Crippen LogP contribution in [-0.2, 0) is 0 Å². The fourth-order valence-corrected chi connectivity index (χ4v) is 1.99. The molecule has 19 heavy (non-hydrogen) atoms. The summed E-state index contributed by atoms with van der Waals surface area (Å²) in [5.41, 5.74) is 0.0809. The van der Waals surface area contributed by atoms with Crippen LogP contribution in [0.15, 0.2) is 28.8 Å². The van der Waals surface area contributed by atoms with Crippen LogP contribution in [0.4, 0.5) is 11.5 Å². The first kappa shape index (κ1) is 13.5. The van der Waals surface area contributed by atoms with Crippen LogP contribution in [0.1, 0.15) is 16.1 Å². The minimum Gasteiger partial charge on any atom is -0.360 e. The number of non-ortho nitro benzene ring substituents is 1. The number of halogens is 1. The second-order valence-corrected chi connectivity index (χ2v) is 4.86. The molecule has 0 saturated heterocycles. The second kappa shape index (κ2) is 5.34. The number of hydrogen-bond acceptors (Lipinski definition) is 5. The van der Waals surface area contributed by atoms with Crippen molar-refractivity contribution in [3.63, 3.8) is 0 Å².